The van der Waals surface area contributed by atoms with Crippen LogP contribution in [0.1, 0.15) is 16.5 Å². The van der Waals surface area contributed by atoms with E-state index in [9.17, 15) is 4.39 Å². The van der Waals surface area contributed by atoms with E-state index in [2.05, 4.69) is 27.5 Å². The Morgan fingerprint density at radius 2 is 2.05 bits per heavy atom. The zero-order valence-electron chi connectivity index (χ0n) is 10.9. The molecule has 4 rings (SSSR count). The molecule has 3 aromatic rings. The Kier molecular flexibility index (Phi) is 2.82. The van der Waals surface area contributed by atoms with Crippen molar-refractivity contribution in [3.63, 3.8) is 0 Å². The van der Waals surface area contributed by atoms with E-state index in [-0.39, 0.29) is 11.9 Å². The fourth-order valence-electron chi connectivity index (χ4n) is 2.41. The quantitative estimate of drug-likeness (QED) is 0.787. The Balaban J connectivity index is 1.82. The summed E-state index contributed by atoms with van der Waals surface area (Å²) in [5, 5.41) is 9.57. The number of hydrogen-bond donors (Lipinski definition) is 1. The number of fused-ring (bicyclic) bond motifs is 1. The van der Waals surface area contributed by atoms with Crippen molar-refractivity contribution >= 4 is 23.0 Å². The van der Waals surface area contributed by atoms with E-state index in [0.29, 0.717) is 5.95 Å². The molecule has 0 aliphatic carbocycles. The van der Waals surface area contributed by atoms with Crippen molar-refractivity contribution in [3.8, 4) is 0 Å². The van der Waals surface area contributed by atoms with Crippen LogP contribution < -0.4 is 5.32 Å². The monoisotopic (exact) mass is 298 g/mol. The minimum absolute atomic E-state index is 0.0959. The van der Waals surface area contributed by atoms with Crippen molar-refractivity contribution in [2.24, 2.45) is 0 Å². The SMILES string of the molecule is Fc1ccc(C2C=C(c3cccs3)Nc3ncnn32)cc1. The van der Waals surface area contributed by atoms with E-state index in [1.165, 1.54) is 18.5 Å². The van der Waals surface area contributed by atoms with Crippen LogP contribution in [0.4, 0.5) is 10.3 Å². The molecule has 1 N–H and O–H groups in total. The summed E-state index contributed by atoms with van der Waals surface area (Å²) in [7, 11) is 0. The summed E-state index contributed by atoms with van der Waals surface area (Å²) in [5.41, 5.74) is 1.97. The summed E-state index contributed by atoms with van der Waals surface area (Å²) in [6.07, 6.45) is 3.60. The number of thiophene rings is 1. The lowest BCUT2D eigenvalue weighted by molar-refractivity contribution is 0.603. The van der Waals surface area contributed by atoms with Crippen LogP contribution in [0.2, 0.25) is 0 Å². The number of hydrogen-bond acceptors (Lipinski definition) is 4. The molecule has 4 nitrogen and oxygen atoms in total. The molecule has 104 valence electrons. The lowest BCUT2D eigenvalue weighted by Gasteiger charge is -2.23. The normalized spacial score (nSPS) is 17.0. The molecule has 1 atom stereocenters. The average Bonchev–Trinajstić information content (AvgIpc) is 3.18. The Bertz CT molecular complexity index is 789. The number of rotatable bonds is 2. The van der Waals surface area contributed by atoms with Gasteiger partial charge in [-0.15, -0.1) is 11.3 Å². The van der Waals surface area contributed by atoms with Gasteiger partial charge in [-0.2, -0.15) is 10.1 Å². The van der Waals surface area contributed by atoms with Crippen LogP contribution >= 0.6 is 11.3 Å². The first-order valence-electron chi connectivity index (χ1n) is 6.49. The van der Waals surface area contributed by atoms with Crippen LogP contribution in [-0.4, -0.2) is 14.8 Å². The minimum Gasteiger partial charge on any atom is -0.323 e. The number of allylic oxidation sites excluding steroid dienone is 1. The summed E-state index contributed by atoms with van der Waals surface area (Å²) in [5.74, 6) is 0.448. The molecule has 0 fully saturated rings. The van der Waals surface area contributed by atoms with Gasteiger partial charge in [-0.05, 0) is 35.2 Å². The molecular weight excluding hydrogens is 287 g/mol. The first kappa shape index (κ1) is 12.3. The maximum atomic E-state index is 13.1. The summed E-state index contributed by atoms with van der Waals surface area (Å²) in [4.78, 5) is 5.38. The molecule has 0 bridgehead atoms. The predicted octanol–water partition coefficient (Wildman–Crippen LogP) is 3.53. The molecule has 1 aromatic carbocycles. The van der Waals surface area contributed by atoms with Gasteiger partial charge in [0.25, 0.3) is 0 Å². The third-order valence-electron chi connectivity index (χ3n) is 3.41. The van der Waals surface area contributed by atoms with Crippen molar-refractivity contribution in [3.05, 3.63) is 70.4 Å². The zero-order valence-corrected chi connectivity index (χ0v) is 11.7. The number of nitrogens with zero attached hydrogens (tertiary/aromatic N) is 3. The molecule has 21 heavy (non-hydrogen) atoms. The highest BCUT2D eigenvalue weighted by molar-refractivity contribution is 7.11. The van der Waals surface area contributed by atoms with Crippen molar-refractivity contribution in [1.29, 1.82) is 0 Å². The highest BCUT2D eigenvalue weighted by Gasteiger charge is 2.23. The van der Waals surface area contributed by atoms with Crippen molar-refractivity contribution in [2.75, 3.05) is 5.32 Å². The van der Waals surface area contributed by atoms with E-state index in [1.807, 2.05) is 11.4 Å². The number of benzene rings is 1. The fourth-order valence-corrected chi connectivity index (χ4v) is 3.11. The molecule has 1 aliphatic heterocycles. The lowest BCUT2D eigenvalue weighted by atomic mass is 10.0. The first-order chi connectivity index (χ1) is 10.3. The molecule has 1 unspecified atom stereocenters. The molecule has 6 heteroatoms. The Hall–Kier alpha value is -2.47. The Morgan fingerprint density at radius 3 is 2.81 bits per heavy atom. The second kappa shape index (κ2) is 4.82. The van der Waals surface area contributed by atoms with Crippen LogP contribution in [0.15, 0.2) is 54.2 Å². The van der Waals surface area contributed by atoms with Gasteiger partial charge < -0.3 is 5.32 Å². The van der Waals surface area contributed by atoms with Gasteiger partial charge in [0.1, 0.15) is 18.2 Å². The summed E-state index contributed by atoms with van der Waals surface area (Å²) < 4.78 is 14.9. The highest BCUT2D eigenvalue weighted by atomic mass is 32.1. The number of halogens is 1. The molecule has 0 saturated heterocycles. The molecule has 0 spiro atoms. The molecular formula is C15H11FN4S. The second-order valence-corrected chi connectivity index (χ2v) is 5.65. The zero-order chi connectivity index (χ0) is 14.2. The summed E-state index contributed by atoms with van der Waals surface area (Å²) >= 11 is 1.66. The average molecular weight is 298 g/mol. The maximum Gasteiger partial charge on any atom is 0.226 e. The van der Waals surface area contributed by atoms with Crippen LogP contribution in [0.25, 0.3) is 5.70 Å². The minimum atomic E-state index is -0.242. The molecule has 0 saturated carbocycles. The van der Waals surface area contributed by atoms with Gasteiger partial charge in [-0.25, -0.2) is 9.07 Å². The Morgan fingerprint density at radius 1 is 1.19 bits per heavy atom. The van der Waals surface area contributed by atoms with Gasteiger partial charge in [0, 0.05) is 0 Å². The third kappa shape index (κ3) is 2.13. The number of aromatic nitrogens is 3. The summed E-state index contributed by atoms with van der Waals surface area (Å²) in [6.45, 7) is 0. The molecule has 2 aromatic heterocycles. The predicted molar refractivity (Wildman–Crippen MR) is 80.5 cm³/mol. The topological polar surface area (TPSA) is 42.7 Å². The van der Waals surface area contributed by atoms with Crippen LogP contribution in [0.3, 0.4) is 0 Å². The lowest BCUT2D eigenvalue weighted by Crippen LogP contribution is -2.19. The van der Waals surface area contributed by atoms with Crippen LogP contribution in [-0.2, 0) is 0 Å². The molecule has 0 radical (unpaired) electrons. The molecule has 1 aliphatic rings. The molecule has 0 amide bonds. The van der Waals surface area contributed by atoms with Gasteiger partial charge in [-0.1, -0.05) is 18.2 Å². The maximum absolute atomic E-state index is 13.1. The van der Waals surface area contributed by atoms with E-state index in [4.69, 9.17) is 0 Å². The van der Waals surface area contributed by atoms with Gasteiger partial charge >= 0.3 is 0 Å². The van der Waals surface area contributed by atoms with Gasteiger partial charge in [-0.3, -0.25) is 0 Å². The standard InChI is InChI=1S/C15H11FN4S/c16-11-5-3-10(4-6-11)13-8-12(14-2-1-7-21-14)19-15-17-9-18-20(13)15/h1-9,13H,(H,17,18,19). The molecule has 3 heterocycles. The van der Waals surface area contributed by atoms with E-state index < -0.39 is 0 Å². The second-order valence-electron chi connectivity index (χ2n) is 4.71. The van der Waals surface area contributed by atoms with Crippen molar-refractivity contribution in [1.82, 2.24) is 14.8 Å². The van der Waals surface area contributed by atoms with Gasteiger partial charge in [0.2, 0.25) is 5.95 Å². The fraction of sp³-hybridized carbons (Fsp3) is 0.0667. The van der Waals surface area contributed by atoms with Gasteiger partial charge in [0.05, 0.1) is 10.6 Å². The van der Waals surface area contributed by atoms with E-state index >= 15 is 0 Å². The van der Waals surface area contributed by atoms with Gasteiger partial charge in [0.15, 0.2) is 0 Å². The van der Waals surface area contributed by atoms with Crippen LogP contribution in [0.5, 0.6) is 0 Å². The van der Waals surface area contributed by atoms with Crippen molar-refractivity contribution in [2.45, 2.75) is 6.04 Å². The van der Waals surface area contributed by atoms with E-state index in [1.54, 1.807) is 28.2 Å². The third-order valence-corrected chi connectivity index (χ3v) is 4.31. The smallest absolute Gasteiger partial charge is 0.226 e. The first-order valence-corrected chi connectivity index (χ1v) is 7.37. The Labute approximate surface area is 124 Å². The van der Waals surface area contributed by atoms with Crippen LogP contribution in [0, 0.1) is 5.82 Å². The highest BCUT2D eigenvalue weighted by Crippen LogP contribution is 2.33. The van der Waals surface area contributed by atoms with Crippen molar-refractivity contribution < 1.29 is 4.39 Å². The largest absolute Gasteiger partial charge is 0.323 e. The number of nitrogens with one attached hydrogen (secondary N) is 1. The number of anilines is 1. The summed E-state index contributed by atoms with van der Waals surface area (Å²) in [6, 6.07) is 10.4. The van der Waals surface area contributed by atoms with E-state index in [0.717, 1.165) is 16.1 Å².